The van der Waals surface area contributed by atoms with Gasteiger partial charge in [0.05, 0.1) is 0 Å². The highest BCUT2D eigenvalue weighted by atomic mass is 19.2. The molecule has 0 aliphatic heterocycles. The van der Waals surface area contributed by atoms with Crippen molar-refractivity contribution in [1.82, 2.24) is 4.98 Å². The maximum atomic E-state index is 13.2. The Balaban J connectivity index is 2.32. The summed E-state index contributed by atoms with van der Waals surface area (Å²) in [5, 5.41) is 2.55. The zero-order valence-electron chi connectivity index (χ0n) is 8.05. The number of anilines is 2. The summed E-state index contributed by atoms with van der Waals surface area (Å²) in [7, 11) is 0. The first-order valence-corrected chi connectivity index (χ1v) is 4.50. The van der Waals surface area contributed by atoms with Crippen LogP contribution in [0.5, 0.6) is 0 Å². The zero-order chi connectivity index (χ0) is 11.5. The van der Waals surface area contributed by atoms with Gasteiger partial charge in [0.1, 0.15) is 0 Å². The van der Waals surface area contributed by atoms with E-state index in [1.807, 2.05) is 0 Å². The molecule has 1 aromatic carbocycles. The SMILES string of the molecule is Fc1cc(F)c(Nc2ccccc2)nc1F. The van der Waals surface area contributed by atoms with Crippen molar-refractivity contribution in [3.63, 3.8) is 0 Å². The molecule has 82 valence electrons. The van der Waals surface area contributed by atoms with E-state index in [1.165, 1.54) is 0 Å². The van der Waals surface area contributed by atoms with Crippen LogP contribution in [0.3, 0.4) is 0 Å². The highest BCUT2D eigenvalue weighted by Crippen LogP contribution is 2.18. The number of nitrogens with zero attached hydrogens (tertiary/aromatic N) is 1. The third-order valence-electron chi connectivity index (χ3n) is 1.92. The van der Waals surface area contributed by atoms with Gasteiger partial charge in [0, 0.05) is 11.8 Å². The molecule has 5 heteroatoms. The molecule has 0 aliphatic rings. The molecule has 2 nitrogen and oxygen atoms in total. The lowest BCUT2D eigenvalue weighted by Crippen LogP contribution is -2.01. The van der Waals surface area contributed by atoms with Crippen LogP contribution in [0.4, 0.5) is 24.7 Å². The van der Waals surface area contributed by atoms with Crippen molar-refractivity contribution in [2.24, 2.45) is 0 Å². The molecule has 0 aliphatic carbocycles. The maximum absolute atomic E-state index is 13.2. The van der Waals surface area contributed by atoms with Crippen LogP contribution < -0.4 is 5.32 Å². The molecule has 1 N–H and O–H groups in total. The van der Waals surface area contributed by atoms with E-state index in [1.54, 1.807) is 30.3 Å². The molecular weight excluding hydrogens is 217 g/mol. The van der Waals surface area contributed by atoms with Gasteiger partial charge >= 0.3 is 0 Å². The number of benzene rings is 1. The molecular formula is C11H7F3N2. The second-order valence-electron chi connectivity index (χ2n) is 3.08. The van der Waals surface area contributed by atoms with Gasteiger partial charge in [-0.05, 0) is 12.1 Å². The van der Waals surface area contributed by atoms with Gasteiger partial charge in [-0.2, -0.15) is 9.37 Å². The van der Waals surface area contributed by atoms with Gasteiger partial charge in [-0.1, -0.05) is 18.2 Å². The van der Waals surface area contributed by atoms with Crippen molar-refractivity contribution < 1.29 is 13.2 Å². The summed E-state index contributed by atoms with van der Waals surface area (Å²) in [6, 6.07) is 8.98. The molecule has 1 aromatic heterocycles. The average molecular weight is 224 g/mol. The number of halogens is 3. The summed E-state index contributed by atoms with van der Waals surface area (Å²) in [5.41, 5.74) is 0.542. The highest BCUT2D eigenvalue weighted by Gasteiger charge is 2.11. The molecule has 0 fully saturated rings. The number of pyridine rings is 1. The van der Waals surface area contributed by atoms with Gasteiger partial charge < -0.3 is 5.32 Å². The molecule has 2 rings (SSSR count). The Morgan fingerprint density at radius 2 is 1.62 bits per heavy atom. The minimum Gasteiger partial charge on any atom is -0.338 e. The maximum Gasteiger partial charge on any atom is 0.251 e. The molecule has 0 saturated carbocycles. The van der Waals surface area contributed by atoms with Crippen LogP contribution in [0.15, 0.2) is 36.4 Å². The Bertz CT molecular complexity index is 500. The van der Waals surface area contributed by atoms with Crippen molar-refractivity contribution in [2.45, 2.75) is 0 Å². The topological polar surface area (TPSA) is 24.9 Å². The fraction of sp³-hybridized carbons (Fsp3) is 0. The van der Waals surface area contributed by atoms with Crippen LogP contribution in [0.25, 0.3) is 0 Å². The molecule has 0 saturated heterocycles. The van der Waals surface area contributed by atoms with Crippen LogP contribution >= 0.6 is 0 Å². The first-order chi connectivity index (χ1) is 7.66. The molecule has 0 amide bonds. The summed E-state index contributed by atoms with van der Waals surface area (Å²) in [6.07, 6.45) is 0. The van der Waals surface area contributed by atoms with Crippen LogP contribution in [-0.2, 0) is 0 Å². The fourth-order valence-corrected chi connectivity index (χ4v) is 1.19. The van der Waals surface area contributed by atoms with Gasteiger partial charge in [-0.15, -0.1) is 0 Å². The summed E-state index contributed by atoms with van der Waals surface area (Å²) in [6.45, 7) is 0. The second-order valence-corrected chi connectivity index (χ2v) is 3.08. The predicted octanol–water partition coefficient (Wildman–Crippen LogP) is 3.24. The van der Waals surface area contributed by atoms with E-state index in [4.69, 9.17) is 0 Å². The Morgan fingerprint density at radius 3 is 2.31 bits per heavy atom. The number of nitrogens with one attached hydrogen (secondary N) is 1. The number of hydrogen-bond donors (Lipinski definition) is 1. The molecule has 0 unspecified atom stereocenters. The summed E-state index contributed by atoms with van der Waals surface area (Å²) < 4.78 is 38.5. The predicted molar refractivity (Wildman–Crippen MR) is 53.8 cm³/mol. The van der Waals surface area contributed by atoms with Gasteiger partial charge in [0.25, 0.3) is 5.95 Å². The lowest BCUT2D eigenvalue weighted by Gasteiger charge is -2.06. The Morgan fingerprint density at radius 1 is 0.938 bits per heavy atom. The standard InChI is InChI=1S/C11H7F3N2/c12-8-6-9(13)11(16-10(8)14)15-7-4-2-1-3-5-7/h1-6H,(H,15,16). The van der Waals surface area contributed by atoms with Gasteiger partial charge in [0.15, 0.2) is 17.5 Å². The van der Waals surface area contributed by atoms with E-state index in [0.717, 1.165) is 0 Å². The molecule has 2 aromatic rings. The van der Waals surface area contributed by atoms with E-state index in [9.17, 15) is 13.2 Å². The van der Waals surface area contributed by atoms with Gasteiger partial charge in [-0.3, -0.25) is 0 Å². The largest absolute Gasteiger partial charge is 0.338 e. The quantitative estimate of drug-likeness (QED) is 0.792. The molecule has 1 heterocycles. The highest BCUT2D eigenvalue weighted by molar-refractivity contribution is 5.56. The minimum atomic E-state index is -1.33. The minimum absolute atomic E-state index is 0.342. The van der Waals surface area contributed by atoms with Crippen molar-refractivity contribution >= 4 is 11.5 Å². The van der Waals surface area contributed by atoms with E-state index in [0.29, 0.717) is 11.8 Å². The second kappa shape index (κ2) is 4.22. The monoisotopic (exact) mass is 224 g/mol. The number of rotatable bonds is 2. The van der Waals surface area contributed by atoms with Crippen molar-refractivity contribution in [3.05, 3.63) is 54.0 Å². The average Bonchev–Trinajstić information content (AvgIpc) is 2.27. The van der Waals surface area contributed by atoms with Crippen molar-refractivity contribution in [2.75, 3.05) is 5.32 Å². The lowest BCUT2D eigenvalue weighted by atomic mass is 10.3. The molecule has 16 heavy (non-hydrogen) atoms. The number of para-hydroxylation sites is 1. The smallest absolute Gasteiger partial charge is 0.251 e. The third-order valence-corrected chi connectivity index (χ3v) is 1.92. The van der Waals surface area contributed by atoms with E-state index in [-0.39, 0.29) is 5.82 Å². The van der Waals surface area contributed by atoms with Gasteiger partial charge in [0.2, 0.25) is 0 Å². The third kappa shape index (κ3) is 2.13. The molecule has 0 atom stereocenters. The summed E-state index contributed by atoms with van der Waals surface area (Å²) in [4.78, 5) is 3.14. The van der Waals surface area contributed by atoms with E-state index in [2.05, 4.69) is 10.3 Å². The molecule has 0 bridgehead atoms. The lowest BCUT2D eigenvalue weighted by molar-refractivity contribution is 0.467. The van der Waals surface area contributed by atoms with Crippen LogP contribution in [-0.4, -0.2) is 4.98 Å². The zero-order valence-corrected chi connectivity index (χ0v) is 8.05. The molecule has 0 spiro atoms. The van der Waals surface area contributed by atoms with Crippen LogP contribution in [0.2, 0.25) is 0 Å². The Hall–Kier alpha value is -2.04. The van der Waals surface area contributed by atoms with Crippen molar-refractivity contribution in [1.29, 1.82) is 0 Å². The summed E-state index contributed by atoms with van der Waals surface area (Å²) >= 11 is 0. The fourth-order valence-electron chi connectivity index (χ4n) is 1.19. The normalized spacial score (nSPS) is 10.2. The Labute approximate surface area is 89.8 Å². The molecule has 0 radical (unpaired) electrons. The number of hydrogen-bond acceptors (Lipinski definition) is 2. The number of aromatic nitrogens is 1. The van der Waals surface area contributed by atoms with Crippen LogP contribution in [0, 0.1) is 17.6 Å². The van der Waals surface area contributed by atoms with Crippen molar-refractivity contribution in [3.8, 4) is 0 Å². The summed E-state index contributed by atoms with van der Waals surface area (Å²) in [5.74, 6) is -3.93. The first kappa shape index (κ1) is 10.5. The first-order valence-electron chi connectivity index (χ1n) is 4.50. The van der Waals surface area contributed by atoms with E-state index < -0.39 is 17.6 Å². The van der Waals surface area contributed by atoms with Crippen LogP contribution in [0.1, 0.15) is 0 Å². The Kier molecular flexibility index (Phi) is 2.76. The van der Waals surface area contributed by atoms with Gasteiger partial charge in [-0.25, -0.2) is 8.78 Å². The van der Waals surface area contributed by atoms with E-state index >= 15 is 0 Å².